The van der Waals surface area contributed by atoms with Gasteiger partial charge in [0.05, 0.1) is 0 Å². The molecule has 6 nitrogen and oxygen atoms in total. The average Bonchev–Trinajstić information content (AvgIpc) is 2.88. The number of nitrogens with one attached hydrogen (secondary N) is 2. The van der Waals surface area contributed by atoms with E-state index in [1.807, 2.05) is 24.3 Å². The third kappa shape index (κ3) is 6.34. The highest BCUT2D eigenvalue weighted by Crippen LogP contribution is 2.15. The van der Waals surface area contributed by atoms with Crippen molar-refractivity contribution in [1.29, 1.82) is 0 Å². The lowest BCUT2D eigenvalue weighted by Gasteiger charge is -2.13. The van der Waals surface area contributed by atoms with Gasteiger partial charge in [0.25, 0.3) is 0 Å². The van der Waals surface area contributed by atoms with Gasteiger partial charge in [-0.05, 0) is 30.9 Å². The van der Waals surface area contributed by atoms with Gasteiger partial charge in [-0.15, -0.1) is 34.2 Å². The van der Waals surface area contributed by atoms with Crippen LogP contribution >= 0.6 is 35.6 Å². The van der Waals surface area contributed by atoms with E-state index in [0.717, 1.165) is 60.5 Å². The highest BCUT2D eigenvalue weighted by molar-refractivity contribution is 14.0. The number of benzene rings is 1. The van der Waals surface area contributed by atoms with Crippen molar-refractivity contribution in [3.05, 3.63) is 46.5 Å². The first-order valence-corrected chi connectivity index (χ1v) is 9.74. The summed E-state index contributed by atoms with van der Waals surface area (Å²) in [4.78, 5) is 4.27. The Labute approximate surface area is 183 Å². The molecule has 2 heterocycles. The molecule has 1 aromatic carbocycles. The summed E-state index contributed by atoms with van der Waals surface area (Å²) in [6, 6.07) is 7.83. The zero-order valence-electron chi connectivity index (χ0n) is 15.7. The normalized spacial score (nSPS) is 14.1. The van der Waals surface area contributed by atoms with Gasteiger partial charge in [-0.25, -0.2) is 0 Å². The number of halogens is 2. The number of hydrogen-bond acceptors (Lipinski definition) is 3. The third-order valence-electron chi connectivity index (χ3n) is 4.68. The highest BCUT2D eigenvalue weighted by atomic mass is 127. The summed E-state index contributed by atoms with van der Waals surface area (Å²) >= 11 is 6.19. The molecule has 0 aliphatic carbocycles. The Balaban J connectivity index is 0.00000261. The van der Waals surface area contributed by atoms with Gasteiger partial charge in [-0.3, -0.25) is 4.99 Å². The van der Waals surface area contributed by atoms with Crippen molar-refractivity contribution in [2.24, 2.45) is 4.99 Å². The van der Waals surface area contributed by atoms with Gasteiger partial charge in [-0.2, -0.15) is 0 Å². The van der Waals surface area contributed by atoms with Crippen LogP contribution in [-0.4, -0.2) is 34.3 Å². The molecule has 0 saturated heterocycles. The molecule has 1 aliphatic heterocycles. The minimum atomic E-state index is 0. The number of rotatable bonds is 6. The Hall–Kier alpha value is -1.35. The standard InChI is InChI=1S/C19H27ClN6.HI/c1-21-19(23-14-15-8-4-5-9-16(15)20)22-12-7-11-18-25-24-17-10-3-2-6-13-26(17)18;/h4-5,8-9H,2-3,6-7,10-14H2,1H3,(H2,21,22,23);1H. The van der Waals surface area contributed by atoms with E-state index < -0.39 is 0 Å². The van der Waals surface area contributed by atoms with Crippen LogP contribution < -0.4 is 10.6 Å². The average molecular weight is 503 g/mol. The summed E-state index contributed by atoms with van der Waals surface area (Å²) in [7, 11) is 1.78. The fourth-order valence-electron chi connectivity index (χ4n) is 3.22. The first kappa shape index (κ1) is 21.9. The highest BCUT2D eigenvalue weighted by Gasteiger charge is 2.14. The van der Waals surface area contributed by atoms with Gasteiger partial charge >= 0.3 is 0 Å². The Morgan fingerprint density at radius 2 is 2.04 bits per heavy atom. The summed E-state index contributed by atoms with van der Waals surface area (Å²) in [5, 5.41) is 16.2. The molecule has 8 heteroatoms. The first-order valence-electron chi connectivity index (χ1n) is 9.37. The van der Waals surface area contributed by atoms with Crippen molar-refractivity contribution >= 4 is 41.5 Å². The Morgan fingerprint density at radius 3 is 2.85 bits per heavy atom. The van der Waals surface area contributed by atoms with E-state index in [0.29, 0.717) is 6.54 Å². The quantitative estimate of drug-likeness (QED) is 0.274. The molecule has 0 bridgehead atoms. The molecule has 0 unspecified atom stereocenters. The number of nitrogens with zero attached hydrogens (tertiary/aromatic N) is 4. The molecule has 3 rings (SSSR count). The minimum absolute atomic E-state index is 0. The van der Waals surface area contributed by atoms with Crippen LogP contribution in [0.15, 0.2) is 29.3 Å². The minimum Gasteiger partial charge on any atom is -0.356 e. The fraction of sp³-hybridized carbons (Fsp3) is 0.526. The van der Waals surface area contributed by atoms with Crippen LogP contribution in [-0.2, 0) is 25.9 Å². The molecule has 1 aromatic heterocycles. The van der Waals surface area contributed by atoms with Gasteiger partial charge in [-0.1, -0.05) is 36.2 Å². The number of guanidine groups is 1. The summed E-state index contributed by atoms with van der Waals surface area (Å²) < 4.78 is 2.32. The van der Waals surface area contributed by atoms with Gasteiger partial charge in [0.1, 0.15) is 11.6 Å². The molecule has 0 atom stereocenters. The third-order valence-corrected chi connectivity index (χ3v) is 5.05. The molecule has 0 radical (unpaired) electrons. The lowest BCUT2D eigenvalue weighted by atomic mass is 10.2. The monoisotopic (exact) mass is 502 g/mol. The van der Waals surface area contributed by atoms with Crippen LogP contribution in [0.1, 0.15) is 42.9 Å². The SMILES string of the molecule is CN=C(NCCCc1nnc2n1CCCCC2)NCc1ccccc1Cl.I. The van der Waals surface area contributed by atoms with Crippen LogP contribution in [0, 0.1) is 0 Å². The predicted octanol–water partition coefficient (Wildman–Crippen LogP) is 3.57. The molecule has 148 valence electrons. The largest absolute Gasteiger partial charge is 0.356 e. The maximum Gasteiger partial charge on any atom is 0.191 e. The lowest BCUT2D eigenvalue weighted by molar-refractivity contribution is 0.594. The van der Waals surface area contributed by atoms with E-state index in [2.05, 4.69) is 30.4 Å². The summed E-state index contributed by atoms with van der Waals surface area (Å²) in [5.41, 5.74) is 1.06. The summed E-state index contributed by atoms with van der Waals surface area (Å²) in [6.07, 6.45) is 6.73. The Morgan fingerprint density at radius 1 is 1.19 bits per heavy atom. The lowest BCUT2D eigenvalue weighted by Crippen LogP contribution is -2.37. The zero-order chi connectivity index (χ0) is 18.2. The molecule has 0 amide bonds. The van der Waals surface area contributed by atoms with E-state index in [-0.39, 0.29) is 24.0 Å². The number of aryl methyl sites for hydroxylation is 2. The second kappa shape index (κ2) is 11.5. The maximum absolute atomic E-state index is 6.19. The second-order valence-electron chi connectivity index (χ2n) is 6.54. The van der Waals surface area contributed by atoms with Crippen LogP contribution in [0.4, 0.5) is 0 Å². The van der Waals surface area contributed by atoms with E-state index in [9.17, 15) is 0 Å². The van der Waals surface area contributed by atoms with E-state index in [1.54, 1.807) is 7.05 Å². The Kier molecular flexibility index (Phi) is 9.33. The van der Waals surface area contributed by atoms with Crippen molar-refractivity contribution in [2.45, 2.75) is 51.6 Å². The van der Waals surface area contributed by atoms with Crippen LogP contribution in [0.2, 0.25) is 5.02 Å². The molecule has 0 spiro atoms. The van der Waals surface area contributed by atoms with E-state index in [1.165, 1.54) is 19.3 Å². The van der Waals surface area contributed by atoms with E-state index >= 15 is 0 Å². The van der Waals surface area contributed by atoms with Crippen molar-refractivity contribution < 1.29 is 0 Å². The first-order chi connectivity index (χ1) is 12.8. The molecule has 0 saturated carbocycles. The number of fused-ring (bicyclic) bond motifs is 1. The molecular weight excluding hydrogens is 475 g/mol. The summed E-state index contributed by atoms with van der Waals surface area (Å²) in [6.45, 7) is 2.55. The smallest absolute Gasteiger partial charge is 0.191 e. The van der Waals surface area contributed by atoms with Crippen LogP contribution in [0.25, 0.3) is 0 Å². The zero-order valence-corrected chi connectivity index (χ0v) is 18.8. The molecular formula is C19H28ClIN6. The molecule has 2 N–H and O–H groups in total. The maximum atomic E-state index is 6.19. The van der Waals surface area contributed by atoms with Crippen molar-refractivity contribution in [3.8, 4) is 0 Å². The topological polar surface area (TPSA) is 67.1 Å². The second-order valence-corrected chi connectivity index (χ2v) is 6.95. The molecule has 1 aliphatic rings. The number of aromatic nitrogens is 3. The Bertz CT molecular complexity index is 746. The van der Waals surface area contributed by atoms with Crippen molar-refractivity contribution in [1.82, 2.24) is 25.4 Å². The predicted molar refractivity (Wildman–Crippen MR) is 121 cm³/mol. The van der Waals surface area contributed by atoms with Gasteiger partial charge in [0.2, 0.25) is 0 Å². The van der Waals surface area contributed by atoms with Crippen molar-refractivity contribution in [3.63, 3.8) is 0 Å². The van der Waals surface area contributed by atoms with E-state index in [4.69, 9.17) is 11.6 Å². The van der Waals surface area contributed by atoms with Gasteiger partial charge in [0, 0.05) is 44.5 Å². The summed E-state index contributed by atoms with van der Waals surface area (Å²) in [5.74, 6) is 3.05. The van der Waals surface area contributed by atoms with Crippen molar-refractivity contribution in [2.75, 3.05) is 13.6 Å². The van der Waals surface area contributed by atoms with Crippen LogP contribution in [0.5, 0.6) is 0 Å². The van der Waals surface area contributed by atoms with Gasteiger partial charge in [0.15, 0.2) is 5.96 Å². The number of aliphatic imine (C=N–C) groups is 1. The molecule has 0 fully saturated rings. The molecule has 27 heavy (non-hydrogen) atoms. The van der Waals surface area contributed by atoms with Crippen LogP contribution in [0.3, 0.4) is 0 Å². The number of hydrogen-bond donors (Lipinski definition) is 2. The fourth-order valence-corrected chi connectivity index (χ4v) is 3.43. The van der Waals surface area contributed by atoms with Gasteiger partial charge < -0.3 is 15.2 Å². The molecule has 2 aromatic rings.